The zero-order valence-electron chi connectivity index (χ0n) is 6.51. The van der Waals surface area contributed by atoms with Crippen LogP contribution in [-0.4, -0.2) is 26.2 Å². The normalized spacial score (nSPS) is 45.9. The van der Waals surface area contributed by atoms with Crippen molar-refractivity contribution < 1.29 is 0 Å². The van der Waals surface area contributed by atoms with Crippen LogP contribution in [0, 0.1) is 11.8 Å². The van der Waals surface area contributed by atoms with Crippen molar-refractivity contribution in [1.29, 1.82) is 0 Å². The first-order valence-corrected chi connectivity index (χ1v) is 4.22. The van der Waals surface area contributed by atoms with Gasteiger partial charge in [-0.2, -0.15) is 0 Å². The minimum Gasteiger partial charge on any atom is -0.317 e. The molecule has 1 saturated heterocycles. The molecule has 1 aliphatic heterocycles. The molecular formula is C8H15N2. The molecule has 2 aliphatic rings. The van der Waals surface area contributed by atoms with Crippen LogP contribution in [0.3, 0.4) is 0 Å². The minimum absolute atomic E-state index is 0.774. The Bertz CT molecular complexity index is 124. The van der Waals surface area contributed by atoms with Crippen molar-refractivity contribution in [3.05, 3.63) is 0 Å². The molecule has 3 unspecified atom stereocenters. The summed E-state index contributed by atoms with van der Waals surface area (Å²) in [6.07, 6.45) is 2.78. The van der Waals surface area contributed by atoms with Crippen molar-refractivity contribution >= 4 is 0 Å². The van der Waals surface area contributed by atoms with Crippen LogP contribution in [0.5, 0.6) is 0 Å². The third kappa shape index (κ3) is 0.867. The summed E-state index contributed by atoms with van der Waals surface area (Å²) in [6, 6.07) is 0.774. The van der Waals surface area contributed by atoms with Crippen LogP contribution in [0.4, 0.5) is 0 Å². The van der Waals surface area contributed by atoms with Crippen molar-refractivity contribution in [3.8, 4) is 0 Å². The van der Waals surface area contributed by atoms with E-state index in [1.54, 1.807) is 0 Å². The van der Waals surface area contributed by atoms with E-state index in [-0.39, 0.29) is 0 Å². The lowest BCUT2D eigenvalue weighted by Gasteiger charge is -2.15. The topological polar surface area (TPSA) is 26.1 Å². The highest BCUT2D eigenvalue weighted by Crippen LogP contribution is 2.34. The monoisotopic (exact) mass is 139 g/mol. The second kappa shape index (κ2) is 2.51. The second-order valence-corrected chi connectivity index (χ2v) is 3.49. The fourth-order valence-corrected chi connectivity index (χ4v) is 2.40. The van der Waals surface area contributed by atoms with Gasteiger partial charge in [-0.05, 0) is 31.7 Å². The standard InChI is InChI=1S/C8H15N2/c1-9-8-3-2-6-4-10-5-7(6)8/h6-9H,2-5H2,1H3. The van der Waals surface area contributed by atoms with E-state index >= 15 is 0 Å². The highest BCUT2D eigenvalue weighted by Gasteiger charge is 2.38. The molecule has 1 aliphatic carbocycles. The van der Waals surface area contributed by atoms with Crippen molar-refractivity contribution in [1.82, 2.24) is 10.6 Å². The van der Waals surface area contributed by atoms with E-state index in [9.17, 15) is 0 Å². The Hall–Kier alpha value is -0.0800. The van der Waals surface area contributed by atoms with Crippen LogP contribution in [-0.2, 0) is 0 Å². The van der Waals surface area contributed by atoms with E-state index in [2.05, 4.69) is 17.7 Å². The summed E-state index contributed by atoms with van der Waals surface area (Å²) in [4.78, 5) is 0. The molecule has 2 fully saturated rings. The summed E-state index contributed by atoms with van der Waals surface area (Å²) in [5.41, 5.74) is 0. The Morgan fingerprint density at radius 3 is 3.00 bits per heavy atom. The first-order valence-electron chi connectivity index (χ1n) is 4.22. The third-order valence-corrected chi connectivity index (χ3v) is 3.05. The fourth-order valence-electron chi connectivity index (χ4n) is 2.40. The average molecular weight is 139 g/mol. The second-order valence-electron chi connectivity index (χ2n) is 3.49. The van der Waals surface area contributed by atoms with Crippen molar-refractivity contribution in [2.45, 2.75) is 18.9 Å². The lowest BCUT2D eigenvalue weighted by atomic mass is 9.98. The highest BCUT2D eigenvalue weighted by molar-refractivity contribution is 4.94. The number of fused-ring (bicyclic) bond motifs is 1. The molecule has 1 radical (unpaired) electrons. The maximum Gasteiger partial charge on any atom is 0.0179 e. The van der Waals surface area contributed by atoms with E-state index in [1.165, 1.54) is 12.8 Å². The van der Waals surface area contributed by atoms with Crippen molar-refractivity contribution in [2.75, 3.05) is 20.1 Å². The average Bonchev–Trinajstić information content (AvgIpc) is 2.44. The quantitative estimate of drug-likeness (QED) is 0.552. The van der Waals surface area contributed by atoms with E-state index < -0.39 is 0 Å². The molecule has 0 amide bonds. The Labute approximate surface area is 62.4 Å². The van der Waals surface area contributed by atoms with Gasteiger partial charge in [0.25, 0.3) is 0 Å². The predicted molar refractivity (Wildman–Crippen MR) is 40.9 cm³/mol. The summed E-state index contributed by atoms with van der Waals surface area (Å²) < 4.78 is 0. The van der Waals surface area contributed by atoms with Gasteiger partial charge in [-0.3, -0.25) is 0 Å². The molecule has 2 nitrogen and oxygen atoms in total. The largest absolute Gasteiger partial charge is 0.317 e. The molecule has 0 spiro atoms. The molecule has 0 aromatic carbocycles. The number of hydrogen-bond acceptors (Lipinski definition) is 1. The number of nitrogens with one attached hydrogen (secondary N) is 1. The summed E-state index contributed by atoms with van der Waals surface area (Å²) in [5, 5.41) is 7.80. The van der Waals surface area contributed by atoms with Gasteiger partial charge in [-0.15, -0.1) is 0 Å². The van der Waals surface area contributed by atoms with Gasteiger partial charge in [0, 0.05) is 19.1 Å². The molecule has 57 valence electrons. The van der Waals surface area contributed by atoms with Gasteiger partial charge in [-0.1, -0.05) is 0 Å². The van der Waals surface area contributed by atoms with Gasteiger partial charge in [0.1, 0.15) is 0 Å². The Kier molecular flexibility index (Phi) is 1.66. The molecule has 10 heavy (non-hydrogen) atoms. The molecule has 1 heterocycles. The molecule has 0 aromatic heterocycles. The summed E-state index contributed by atoms with van der Waals surface area (Å²) in [7, 11) is 2.07. The summed E-state index contributed by atoms with van der Waals surface area (Å²) in [5.74, 6) is 1.81. The predicted octanol–water partition coefficient (Wildman–Crippen LogP) is 0.219. The lowest BCUT2D eigenvalue weighted by Crippen LogP contribution is -2.31. The Morgan fingerprint density at radius 2 is 2.20 bits per heavy atom. The molecule has 1 N–H and O–H groups in total. The van der Waals surface area contributed by atoms with Gasteiger partial charge in [0.05, 0.1) is 0 Å². The van der Waals surface area contributed by atoms with Crippen LogP contribution in [0.15, 0.2) is 0 Å². The van der Waals surface area contributed by atoms with Crippen LogP contribution < -0.4 is 10.6 Å². The number of hydrogen-bond donors (Lipinski definition) is 1. The molecule has 3 atom stereocenters. The lowest BCUT2D eigenvalue weighted by molar-refractivity contribution is 0.410. The third-order valence-electron chi connectivity index (χ3n) is 3.05. The maximum atomic E-state index is 4.43. The zero-order chi connectivity index (χ0) is 6.97. The zero-order valence-corrected chi connectivity index (χ0v) is 6.51. The Morgan fingerprint density at radius 1 is 1.30 bits per heavy atom. The molecule has 2 rings (SSSR count). The first kappa shape index (κ1) is 6.62. The van der Waals surface area contributed by atoms with Gasteiger partial charge < -0.3 is 5.32 Å². The first-order chi connectivity index (χ1) is 4.92. The van der Waals surface area contributed by atoms with Gasteiger partial charge in [-0.25, -0.2) is 5.32 Å². The van der Waals surface area contributed by atoms with Crippen LogP contribution in [0.2, 0.25) is 0 Å². The maximum absolute atomic E-state index is 4.43. The van der Waals surface area contributed by atoms with E-state index in [1.807, 2.05) is 0 Å². The van der Waals surface area contributed by atoms with E-state index in [0.29, 0.717) is 0 Å². The van der Waals surface area contributed by atoms with Gasteiger partial charge in [0.15, 0.2) is 0 Å². The Balaban J connectivity index is 2.01. The molecule has 2 heteroatoms. The van der Waals surface area contributed by atoms with Crippen LogP contribution in [0.1, 0.15) is 12.8 Å². The molecule has 0 bridgehead atoms. The van der Waals surface area contributed by atoms with Crippen molar-refractivity contribution in [3.63, 3.8) is 0 Å². The molecule has 1 saturated carbocycles. The number of nitrogens with zero attached hydrogens (tertiary/aromatic N) is 1. The van der Waals surface area contributed by atoms with E-state index in [4.69, 9.17) is 0 Å². The molecule has 0 aromatic rings. The van der Waals surface area contributed by atoms with Gasteiger partial charge >= 0.3 is 0 Å². The highest BCUT2D eigenvalue weighted by atomic mass is 15.0. The van der Waals surface area contributed by atoms with E-state index in [0.717, 1.165) is 31.0 Å². The SMILES string of the molecule is CNC1CCC2C[N]CC21. The van der Waals surface area contributed by atoms with Gasteiger partial charge in [0.2, 0.25) is 0 Å². The smallest absolute Gasteiger partial charge is 0.0179 e. The summed E-state index contributed by atoms with van der Waals surface area (Å²) in [6.45, 7) is 2.26. The van der Waals surface area contributed by atoms with Crippen molar-refractivity contribution in [2.24, 2.45) is 11.8 Å². The fraction of sp³-hybridized carbons (Fsp3) is 1.00. The molecular weight excluding hydrogens is 124 g/mol. The van der Waals surface area contributed by atoms with Crippen LogP contribution in [0.25, 0.3) is 0 Å². The number of rotatable bonds is 1. The summed E-state index contributed by atoms with van der Waals surface area (Å²) >= 11 is 0. The minimum atomic E-state index is 0.774. The van der Waals surface area contributed by atoms with Crippen LogP contribution >= 0.6 is 0 Å².